The fourth-order valence-electron chi connectivity index (χ4n) is 2.03. The molecule has 0 atom stereocenters. The van der Waals surface area contributed by atoms with Crippen LogP contribution in [0.3, 0.4) is 0 Å². The van der Waals surface area contributed by atoms with E-state index in [4.69, 9.17) is 9.15 Å². The second kappa shape index (κ2) is 7.29. The lowest BCUT2D eigenvalue weighted by molar-refractivity contribution is 0.133. The molecule has 4 nitrogen and oxygen atoms in total. The maximum atomic E-state index is 11.2. The van der Waals surface area contributed by atoms with Gasteiger partial charge in [0.2, 0.25) is 0 Å². The van der Waals surface area contributed by atoms with E-state index in [0.717, 1.165) is 17.4 Å². The van der Waals surface area contributed by atoms with Crippen molar-refractivity contribution < 1.29 is 14.3 Å². The lowest BCUT2D eigenvalue weighted by atomic mass is 10.1. The van der Waals surface area contributed by atoms with E-state index in [1.165, 1.54) is 6.07 Å². The van der Waals surface area contributed by atoms with Crippen LogP contribution in [0.4, 0.5) is 0 Å². The van der Waals surface area contributed by atoms with Gasteiger partial charge >= 0.3 is 5.63 Å². The molecule has 2 rings (SSSR count). The highest BCUT2D eigenvalue weighted by atomic mass is 16.5. The number of rotatable bonds is 6. The Kier molecular flexibility index (Phi) is 5.40. The van der Waals surface area contributed by atoms with E-state index >= 15 is 0 Å². The summed E-state index contributed by atoms with van der Waals surface area (Å²) in [5.41, 5.74) is 0.511. The van der Waals surface area contributed by atoms with E-state index in [0.29, 0.717) is 17.9 Å². The van der Waals surface area contributed by atoms with Gasteiger partial charge in [-0.05, 0) is 51.5 Å². The Labute approximate surface area is 135 Å². The SMILES string of the molecule is C/C(=C\COc1ccc2ccc(=O)oc2c1)C/C=C/C(C)(C)O. The van der Waals surface area contributed by atoms with Crippen LogP contribution in [0.1, 0.15) is 27.2 Å². The Morgan fingerprint density at radius 1 is 1.30 bits per heavy atom. The van der Waals surface area contributed by atoms with Crippen LogP contribution in [0.5, 0.6) is 5.75 Å². The average molecular weight is 314 g/mol. The van der Waals surface area contributed by atoms with Crippen LogP contribution in [0.25, 0.3) is 11.0 Å². The zero-order valence-corrected chi connectivity index (χ0v) is 13.7. The maximum absolute atomic E-state index is 11.2. The second-order valence-electron chi connectivity index (χ2n) is 6.08. The molecule has 0 saturated heterocycles. The Morgan fingerprint density at radius 3 is 2.78 bits per heavy atom. The van der Waals surface area contributed by atoms with E-state index in [1.807, 2.05) is 31.2 Å². The first kappa shape index (κ1) is 17.0. The van der Waals surface area contributed by atoms with E-state index < -0.39 is 5.60 Å². The van der Waals surface area contributed by atoms with E-state index in [1.54, 1.807) is 32.1 Å². The first-order valence-electron chi connectivity index (χ1n) is 7.56. The van der Waals surface area contributed by atoms with Crippen molar-refractivity contribution in [2.45, 2.75) is 32.8 Å². The number of benzene rings is 1. The first-order valence-corrected chi connectivity index (χ1v) is 7.56. The molecule has 0 aliphatic heterocycles. The van der Waals surface area contributed by atoms with Gasteiger partial charge in [-0.15, -0.1) is 0 Å². The highest BCUT2D eigenvalue weighted by Gasteiger charge is 2.05. The normalized spacial score (nSPS) is 13.0. The van der Waals surface area contributed by atoms with Gasteiger partial charge in [-0.1, -0.05) is 17.7 Å². The van der Waals surface area contributed by atoms with Gasteiger partial charge in [0, 0.05) is 17.5 Å². The average Bonchev–Trinajstić information content (AvgIpc) is 2.45. The molecular weight excluding hydrogens is 292 g/mol. The molecule has 0 unspecified atom stereocenters. The van der Waals surface area contributed by atoms with Gasteiger partial charge in [0.1, 0.15) is 17.9 Å². The molecule has 0 aliphatic rings. The van der Waals surface area contributed by atoms with Crippen molar-refractivity contribution in [2.75, 3.05) is 6.61 Å². The Morgan fingerprint density at radius 2 is 2.04 bits per heavy atom. The fraction of sp³-hybridized carbons (Fsp3) is 0.316. The van der Waals surface area contributed by atoms with Gasteiger partial charge < -0.3 is 14.3 Å². The largest absolute Gasteiger partial charge is 0.489 e. The monoisotopic (exact) mass is 314 g/mol. The van der Waals surface area contributed by atoms with Crippen molar-refractivity contribution in [2.24, 2.45) is 0 Å². The standard InChI is InChI=1S/C19H22O4/c1-14(5-4-11-19(2,3)21)10-12-22-16-8-6-15-7-9-18(20)23-17(15)13-16/h4,6-11,13,21H,5,12H2,1-3H3/b11-4+,14-10+. The quantitative estimate of drug-likeness (QED) is 0.650. The van der Waals surface area contributed by atoms with Crippen molar-refractivity contribution >= 4 is 11.0 Å². The molecule has 1 aromatic heterocycles. The topological polar surface area (TPSA) is 59.7 Å². The van der Waals surface area contributed by atoms with Crippen molar-refractivity contribution in [3.63, 3.8) is 0 Å². The first-order chi connectivity index (χ1) is 10.8. The summed E-state index contributed by atoms with van der Waals surface area (Å²) >= 11 is 0. The molecule has 1 heterocycles. The van der Waals surface area contributed by atoms with E-state index in [2.05, 4.69) is 0 Å². The van der Waals surface area contributed by atoms with Crippen LogP contribution in [0.15, 0.2) is 63.3 Å². The van der Waals surface area contributed by atoms with Crippen LogP contribution in [-0.4, -0.2) is 17.3 Å². The van der Waals surface area contributed by atoms with Gasteiger partial charge in [-0.2, -0.15) is 0 Å². The zero-order chi connectivity index (χ0) is 16.9. The summed E-state index contributed by atoms with van der Waals surface area (Å²) in [5, 5.41) is 10.5. The smallest absolute Gasteiger partial charge is 0.336 e. The molecule has 1 aromatic carbocycles. The van der Waals surface area contributed by atoms with Crippen LogP contribution < -0.4 is 10.4 Å². The summed E-state index contributed by atoms with van der Waals surface area (Å²) in [6.07, 6.45) is 6.47. The van der Waals surface area contributed by atoms with Gasteiger partial charge in [0.25, 0.3) is 0 Å². The number of hydrogen-bond donors (Lipinski definition) is 1. The van der Waals surface area contributed by atoms with E-state index in [-0.39, 0.29) is 5.63 Å². The van der Waals surface area contributed by atoms with Crippen LogP contribution in [-0.2, 0) is 0 Å². The summed E-state index contributed by atoms with van der Waals surface area (Å²) in [6.45, 7) is 5.93. The molecule has 0 radical (unpaired) electrons. The fourth-order valence-corrected chi connectivity index (χ4v) is 2.03. The molecule has 23 heavy (non-hydrogen) atoms. The minimum atomic E-state index is -0.786. The van der Waals surface area contributed by atoms with Crippen LogP contribution >= 0.6 is 0 Å². The third-order valence-corrected chi connectivity index (χ3v) is 3.24. The highest BCUT2D eigenvalue weighted by molar-refractivity contribution is 5.77. The zero-order valence-electron chi connectivity index (χ0n) is 13.7. The van der Waals surface area contributed by atoms with Crippen molar-refractivity contribution in [1.82, 2.24) is 0 Å². The van der Waals surface area contributed by atoms with Crippen molar-refractivity contribution in [1.29, 1.82) is 0 Å². The second-order valence-corrected chi connectivity index (χ2v) is 6.08. The summed E-state index contributed by atoms with van der Waals surface area (Å²) in [5.74, 6) is 0.655. The molecular formula is C19H22O4. The predicted molar refractivity (Wildman–Crippen MR) is 91.8 cm³/mol. The molecule has 0 spiro atoms. The Hall–Kier alpha value is -2.33. The van der Waals surface area contributed by atoms with Gasteiger partial charge in [0.05, 0.1) is 5.60 Å². The van der Waals surface area contributed by atoms with Gasteiger partial charge in [0.15, 0.2) is 0 Å². The highest BCUT2D eigenvalue weighted by Crippen LogP contribution is 2.19. The number of allylic oxidation sites excluding steroid dienone is 2. The molecule has 0 aliphatic carbocycles. The molecule has 4 heteroatoms. The molecule has 0 fully saturated rings. The minimum absolute atomic E-state index is 0.371. The Balaban J connectivity index is 1.94. The third kappa shape index (κ3) is 5.75. The number of fused-ring (bicyclic) bond motifs is 1. The number of ether oxygens (including phenoxy) is 1. The lowest BCUT2D eigenvalue weighted by Crippen LogP contribution is -2.13. The summed E-state index contributed by atoms with van der Waals surface area (Å²) in [6, 6.07) is 8.55. The van der Waals surface area contributed by atoms with Crippen molar-refractivity contribution in [3.05, 3.63) is 64.6 Å². The van der Waals surface area contributed by atoms with Crippen molar-refractivity contribution in [3.8, 4) is 5.75 Å². The Bertz CT molecular complexity index is 776. The molecule has 0 bridgehead atoms. The summed E-state index contributed by atoms with van der Waals surface area (Å²) in [4.78, 5) is 11.2. The maximum Gasteiger partial charge on any atom is 0.336 e. The number of aliphatic hydroxyl groups is 1. The lowest BCUT2D eigenvalue weighted by Gasteiger charge is -2.10. The summed E-state index contributed by atoms with van der Waals surface area (Å²) < 4.78 is 10.8. The van der Waals surface area contributed by atoms with Crippen LogP contribution in [0, 0.1) is 0 Å². The molecule has 1 N–H and O–H groups in total. The molecule has 2 aromatic rings. The third-order valence-electron chi connectivity index (χ3n) is 3.24. The van der Waals surface area contributed by atoms with E-state index in [9.17, 15) is 9.90 Å². The predicted octanol–water partition coefficient (Wildman–Crippen LogP) is 3.84. The number of hydrogen-bond acceptors (Lipinski definition) is 4. The molecule has 0 amide bonds. The van der Waals surface area contributed by atoms with Gasteiger partial charge in [-0.25, -0.2) is 4.79 Å². The van der Waals surface area contributed by atoms with Gasteiger partial charge in [-0.3, -0.25) is 0 Å². The molecule has 0 saturated carbocycles. The minimum Gasteiger partial charge on any atom is -0.489 e. The molecule has 122 valence electrons. The summed E-state index contributed by atoms with van der Waals surface area (Å²) in [7, 11) is 0. The van der Waals surface area contributed by atoms with Crippen LogP contribution in [0.2, 0.25) is 0 Å².